The fourth-order valence-electron chi connectivity index (χ4n) is 2.03. The van der Waals surface area contributed by atoms with Crippen LogP contribution in [-0.4, -0.2) is 25.4 Å². The lowest BCUT2D eigenvalue weighted by Crippen LogP contribution is -2.38. The molecule has 122 valence electrons. The third-order valence-electron chi connectivity index (χ3n) is 3.36. The zero-order valence-electron chi connectivity index (χ0n) is 12.8. The van der Waals surface area contributed by atoms with Crippen LogP contribution < -0.4 is 10.2 Å². The molecule has 2 amide bonds. The summed E-state index contributed by atoms with van der Waals surface area (Å²) in [5.74, 6) is 0.597. The van der Waals surface area contributed by atoms with Crippen LogP contribution in [0.3, 0.4) is 0 Å². The molecule has 0 spiro atoms. The molecule has 1 N–H and O–H groups in total. The third-order valence-corrected chi connectivity index (χ3v) is 3.68. The molecule has 0 unspecified atom stereocenters. The van der Waals surface area contributed by atoms with Crippen molar-refractivity contribution in [2.45, 2.75) is 0 Å². The van der Waals surface area contributed by atoms with Gasteiger partial charge < -0.3 is 10.2 Å². The molecule has 0 aliphatic carbocycles. The summed E-state index contributed by atoms with van der Waals surface area (Å²) in [7, 11) is 1.56. The van der Waals surface area contributed by atoms with Crippen LogP contribution in [0.1, 0.15) is 15.9 Å². The standard InChI is InChI=1S/C18H14ClFN2O2/c1-3-12-6-4-7-13(10-12)22(2)16(23)11-21-18(24)17-14(19)8-5-9-15(17)20/h1,4-10H,11H2,2H3,(H,21,24). The third kappa shape index (κ3) is 3.92. The highest BCUT2D eigenvalue weighted by molar-refractivity contribution is 6.33. The van der Waals surface area contributed by atoms with Crippen molar-refractivity contribution in [3.05, 3.63) is 64.4 Å². The summed E-state index contributed by atoms with van der Waals surface area (Å²) in [6, 6.07) is 10.8. The van der Waals surface area contributed by atoms with Gasteiger partial charge in [-0.3, -0.25) is 9.59 Å². The van der Waals surface area contributed by atoms with Crippen molar-refractivity contribution >= 4 is 29.1 Å². The highest BCUT2D eigenvalue weighted by Crippen LogP contribution is 2.19. The molecule has 0 atom stereocenters. The highest BCUT2D eigenvalue weighted by atomic mass is 35.5. The van der Waals surface area contributed by atoms with E-state index in [2.05, 4.69) is 11.2 Å². The van der Waals surface area contributed by atoms with Gasteiger partial charge in [-0.15, -0.1) is 6.42 Å². The maximum Gasteiger partial charge on any atom is 0.256 e. The number of carbonyl (C=O) groups is 2. The number of likely N-dealkylation sites (N-methyl/N-ethyl adjacent to an activating group) is 1. The number of benzene rings is 2. The summed E-state index contributed by atoms with van der Waals surface area (Å²) in [6.45, 7) is -0.305. The summed E-state index contributed by atoms with van der Waals surface area (Å²) in [6.07, 6.45) is 5.33. The van der Waals surface area contributed by atoms with Gasteiger partial charge in [-0.25, -0.2) is 4.39 Å². The molecule has 0 heterocycles. The topological polar surface area (TPSA) is 49.4 Å². The minimum atomic E-state index is -0.753. The lowest BCUT2D eigenvalue weighted by molar-refractivity contribution is -0.117. The Kier molecular flexibility index (Phi) is 5.56. The van der Waals surface area contributed by atoms with Crippen LogP contribution in [0.4, 0.5) is 10.1 Å². The molecule has 2 aromatic rings. The van der Waals surface area contributed by atoms with E-state index in [9.17, 15) is 14.0 Å². The van der Waals surface area contributed by atoms with Crippen molar-refractivity contribution in [3.8, 4) is 12.3 Å². The second-order valence-corrected chi connectivity index (χ2v) is 5.33. The van der Waals surface area contributed by atoms with Crippen molar-refractivity contribution in [2.24, 2.45) is 0 Å². The first-order valence-electron chi connectivity index (χ1n) is 6.99. The first-order chi connectivity index (χ1) is 11.4. The summed E-state index contributed by atoms with van der Waals surface area (Å²) < 4.78 is 13.7. The lowest BCUT2D eigenvalue weighted by Gasteiger charge is -2.18. The van der Waals surface area contributed by atoms with Crippen LogP contribution >= 0.6 is 11.6 Å². The number of hydrogen-bond acceptors (Lipinski definition) is 2. The molecule has 6 heteroatoms. The Morgan fingerprint density at radius 2 is 2.00 bits per heavy atom. The molecular formula is C18H14ClFN2O2. The Balaban J connectivity index is 2.05. The molecule has 24 heavy (non-hydrogen) atoms. The van der Waals surface area contributed by atoms with Gasteiger partial charge >= 0.3 is 0 Å². The van der Waals surface area contributed by atoms with E-state index < -0.39 is 11.7 Å². The average Bonchev–Trinajstić information content (AvgIpc) is 2.58. The number of nitrogens with zero attached hydrogens (tertiary/aromatic N) is 1. The highest BCUT2D eigenvalue weighted by Gasteiger charge is 2.18. The Bertz CT molecular complexity index is 810. The lowest BCUT2D eigenvalue weighted by atomic mass is 10.2. The molecule has 4 nitrogen and oxygen atoms in total. The average molecular weight is 345 g/mol. The van der Waals surface area contributed by atoms with Crippen LogP contribution in [0.2, 0.25) is 5.02 Å². The largest absolute Gasteiger partial charge is 0.343 e. The van der Waals surface area contributed by atoms with Gasteiger partial charge in [-0.1, -0.05) is 29.7 Å². The van der Waals surface area contributed by atoms with E-state index in [1.165, 1.54) is 17.0 Å². The Morgan fingerprint density at radius 1 is 1.29 bits per heavy atom. The van der Waals surface area contributed by atoms with Gasteiger partial charge in [0.1, 0.15) is 5.82 Å². The van der Waals surface area contributed by atoms with Gasteiger partial charge in [0, 0.05) is 18.3 Å². The zero-order chi connectivity index (χ0) is 17.7. The van der Waals surface area contributed by atoms with E-state index >= 15 is 0 Å². The molecule has 0 aliphatic rings. The van der Waals surface area contributed by atoms with Crippen LogP contribution in [0.25, 0.3) is 0 Å². The number of anilines is 1. The van der Waals surface area contributed by atoms with E-state index in [0.29, 0.717) is 11.3 Å². The van der Waals surface area contributed by atoms with Crippen molar-refractivity contribution in [2.75, 3.05) is 18.5 Å². The summed E-state index contributed by atoms with van der Waals surface area (Å²) in [5.41, 5.74) is 0.937. The summed E-state index contributed by atoms with van der Waals surface area (Å²) >= 11 is 5.82. The minimum absolute atomic E-state index is 0.0185. The number of rotatable bonds is 4. The smallest absolute Gasteiger partial charge is 0.256 e. The van der Waals surface area contributed by atoms with E-state index in [1.807, 2.05) is 0 Å². The molecule has 0 aliphatic heterocycles. The predicted molar refractivity (Wildman–Crippen MR) is 91.5 cm³/mol. The van der Waals surface area contributed by atoms with Crippen LogP contribution in [0.5, 0.6) is 0 Å². The fourth-order valence-corrected chi connectivity index (χ4v) is 2.27. The Labute approximate surface area is 144 Å². The molecule has 2 rings (SSSR count). The van der Waals surface area contributed by atoms with Crippen molar-refractivity contribution in [3.63, 3.8) is 0 Å². The number of carbonyl (C=O) groups excluding carboxylic acids is 2. The van der Waals surface area contributed by atoms with Crippen LogP contribution in [0, 0.1) is 18.2 Å². The molecule has 0 saturated carbocycles. The zero-order valence-corrected chi connectivity index (χ0v) is 13.6. The van der Waals surface area contributed by atoms with Crippen molar-refractivity contribution in [1.82, 2.24) is 5.32 Å². The normalized spacial score (nSPS) is 9.92. The van der Waals surface area contributed by atoms with E-state index in [1.54, 1.807) is 31.3 Å². The number of hydrogen-bond donors (Lipinski definition) is 1. The van der Waals surface area contributed by atoms with Gasteiger partial charge in [-0.05, 0) is 30.3 Å². The Hall–Kier alpha value is -2.84. The van der Waals surface area contributed by atoms with Crippen molar-refractivity contribution in [1.29, 1.82) is 0 Å². The Morgan fingerprint density at radius 3 is 2.67 bits per heavy atom. The van der Waals surface area contributed by atoms with Gasteiger partial charge in [0.05, 0.1) is 17.1 Å². The second kappa shape index (κ2) is 7.62. The minimum Gasteiger partial charge on any atom is -0.343 e. The molecule has 0 saturated heterocycles. The number of halogens is 2. The van der Waals surface area contributed by atoms with E-state index in [-0.39, 0.29) is 23.0 Å². The fraction of sp³-hybridized carbons (Fsp3) is 0.111. The first-order valence-corrected chi connectivity index (χ1v) is 7.37. The SMILES string of the molecule is C#Cc1cccc(N(C)C(=O)CNC(=O)c2c(F)cccc2Cl)c1. The summed E-state index contributed by atoms with van der Waals surface area (Å²) in [5, 5.41) is 2.35. The number of amides is 2. The predicted octanol–water partition coefficient (Wildman–Crippen LogP) is 2.85. The van der Waals surface area contributed by atoms with Gasteiger partial charge in [0.2, 0.25) is 5.91 Å². The van der Waals surface area contributed by atoms with Crippen LogP contribution in [0.15, 0.2) is 42.5 Å². The quantitative estimate of drug-likeness (QED) is 0.867. The van der Waals surface area contributed by atoms with Gasteiger partial charge in [0.25, 0.3) is 5.91 Å². The first kappa shape index (κ1) is 17.5. The van der Waals surface area contributed by atoms with Gasteiger partial charge in [0.15, 0.2) is 0 Å². The van der Waals surface area contributed by atoms with Crippen LogP contribution in [-0.2, 0) is 4.79 Å². The second-order valence-electron chi connectivity index (χ2n) is 4.93. The summed E-state index contributed by atoms with van der Waals surface area (Å²) in [4.78, 5) is 25.6. The molecular weight excluding hydrogens is 331 g/mol. The molecule has 2 aromatic carbocycles. The van der Waals surface area contributed by atoms with Crippen molar-refractivity contribution < 1.29 is 14.0 Å². The number of nitrogens with one attached hydrogen (secondary N) is 1. The monoisotopic (exact) mass is 344 g/mol. The maximum absolute atomic E-state index is 13.7. The molecule has 0 aromatic heterocycles. The number of terminal acetylenes is 1. The van der Waals surface area contributed by atoms with E-state index in [4.69, 9.17) is 18.0 Å². The molecule has 0 fully saturated rings. The van der Waals surface area contributed by atoms with E-state index in [0.717, 1.165) is 6.07 Å². The van der Waals surface area contributed by atoms with Gasteiger partial charge in [-0.2, -0.15) is 0 Å². The molecule has 0 bridgehead atoms. The molecule has 0 radical (unpaired) electrons. The maximum atomic E-state index is 13.7.